The highest BCUT2D eigenvalue weighted by atomic mass is 19.4. The maximum Gasteiger partial charge on any atom is 0.433 e. The molecule has 9 heteroatoms. The van der Waals surface area contributed by atoms with Gasteiger partial charge in [0.15, 0.2) is 5.69 Å². The Hall–Kier alpha value is -2.32. The van der Waals surface area contributed by atoms with E-state index in [9.17, 15) is 13.2 Å². The number of aromatic nitrogens is 4. The molecule has 20 heavy (non-hydrogen) atoms. The van der Waals surface area contributed by atoms with Gasteiger partial charge in [-0.2, -0.15) is 18.2 Å². The third-order valence-electron chi connectivity index (χ3n) is 2.22. The molecule has 0 amide bonds. The first-order chi connectivity index (χ1) is 9.38. The second kappa shape index (κ2) is 5.35. The Bertz CT molecular complexity index is 596. The average Bonchev–Trinajstić information content (AvgIpc) is 2.74. The number of alkyl halides is 3. The lowest BCUT2D eigenvalue weighted by Crippen LogP contribution is -2.12. The molecule has 0 aromatic carbocycles. The topological polar surface area (TPSA) is 75.7 Å². The van der Waals surface area contributed by atoms with Gasteiger partial charge >= 0.3 is 6.18 Å². The van der Waals surface area contributed by atoms with E-state index in [4.69, 9.17) is 4.74 Å². The first-order valence-corrected chi connectivity index (χ1v) is 5.78. The Morgan fingerprint density at radius 2 is 2.00 bits per heavy atom. The van der Waals surface area contributed by atoms with Crippen LogP contribution in [0.3, 0.4) is 0 Å². The molecule has 0 saturated heterocycles. The fraction of sp³-hybridized carbons (Fsp3) is 0.364. The molecule has 2 rings (SSSR count). The van der Waals surface area contributed by atoms with E-state index in [1.807, 2.05) is 0 Å². The fourth-order valence-corrected chi connectivity index (χ4v) is 1.41. The van der Waals surface area contributed by atoms with Gasteiger partial charge in [0.1, 0.15) is 0 Å². The van der Waals surface area contributed by atoms with Crippen molar-refractivity contribution >= 4 is 5.95 Å². The summed E-state index contributed by atoms with van der Waals surface area (Å²) in [5, 5.41) is 9.01. The van der Waals surface area contributed by atoms with Gasteiger partial charge in [-0.25, -0.2) is 4.98 Å². The van der Waals surface area contributed by atoms with E-state index in [2.05, 4.69) is 25.5 Å². The molecule has 108 valence electrons. The van der Waals surface area contributed by atoms with Gasteiger partial charge in [-0.3, -0.25) is 5.10 Å². The van der Waals surface area contributed by atoms with Crippen LogP contribution in [0.5, 0.6) is 11.8 Å². The Kier molecular flexibility index (Phi) is 3.77. The van der Waals surface area contributed by atoms with E-state index >= 15 is 0 Å². The summed E-state index contributed by atoms with van der Waals surface area (Å²) in [5.74, 6) is -0.240. The highest BCUT2D eigenvalue weighted by molar-refractivity contribution is 5.33. The average molecular weight is 287 g/mol. The van der Waals surface area contributed by atoms with Crippen molar-refractivity contribution in [3.05, 3.63) is 23.5 Å². The largest absolute Gasteiger partial charge is 0.433 e. The minimum absolute atomic E-state index is 0.136. The van der Waals surface area contributed by atoms with Gasteiger partial charge in [-0.15, -0.1) is 5.10 Å². The molecule has 2 aromatic rings. The normalized spacial score (nSPS) is 11.4. The maximum atomic E-state index is 12.7. The number of aryl methyl sites for hydroxylation is 1. The van der Waals surface area contributed by atoms with Crippen molar-refractivity contribution < 1.29 is 17.9 Å². The zero-order valence-corrected chi connectivity index (χ0v) is 10.7. The monoisotopic (exact) mass is 287 g/mol. The van der Waals surface area contributed by atoms with Crippen molar-refractivity contribution in [3.63, 3.8) is 0 Å². The predicted molar refractivity (Wildman–Crippen MR) is 64.6 cm³/mol. The van der Waals surface area contributed by atoms with Gasteiger partial charge in [0, 0.05) is 24.4 Å². The molecule has 0 aliphatic heterocycles. The van der Waals surface area contributed by atoms with Gasteiger partial charge in [-0.1, -0.05) is 0 Å². The van der Waals surface area contributed by atoms with Crippen LogP contribution in [0, 0.1) is 6.92 Å². The van der Waals surface area contributed by atoms with Gasteiger partial charge in [0.25, 0.3) is 0 Å². The van der Waals surface area contributed by atoms with Gasteiger partial charge in [-0.05, 0) is 13.8 Å². The third kappa shape index (κ3) is 3.37. The number of hydrogen-bond donors (Lipinski definition) is 2. The molecule has 6 nitrogen and oxygen atoms in total. The summed E-state index contributed by atoms with van der Waals surface area (Å²) in [6, 6.07) is 2.27. The number of nitrogens with one attached hydrogen (secondary N) is 2. The third-order valence-corrected chi connectivity index (χ3v) is 2.22. The number of ether oxygens (including phenoxy) is 1. The van der Waals surface area contributed by atoms with Crippen molar-refractivity contribution in [2.45, 2.75) is 20.0 Å². The number of halogens is 3. The first kappa shape index (κ1) is 14.1. The molecular formula is C11H12F3N5O. The van der Waals surface area contributed by atoms with Crippen molar-refractivity contribution in [2.24, 2.45) is 0 Å². The zero-order valence-electron chi connectivity index (χ0n) is 10.7. The van der Waals surface area contributed by atoms with E-state index < -0.39 is 11.9 Å². The summed E-state index contributed by atoms with van der Waals surface area (Å²) in [5.41, 5.74) is -0.359. The molecule has 0 aliphatic carbocycles. The van der Waals surface area contributed by atoms with Crippen LogP contribution in [0.2, 0.25) is 0 Å². The number of nitrogens with zero attached hydrogens (tertiary/aromatic N) is 3. The van der Waals surface area contributed by atoms with Crippen LogP contribution in [-0.2, 0) is 6.18 Å². The van der Waals surface area contributed by atoms with Gasteiger partial charge in [0.2, 0.25) is 17.7 Å². The van der Waals surface area contributed by atoms with E-state index in [1.54, 1.807) is 19.9 Å². The number of H-pyrrole nitrogens is 1. The number of aromatic amines is 1. The summed E-state index contributed by atoms with van der Waals surface area (Å²) in [6.45, 7) is 3.86. The van der Waals surface area contributed by atoms with Crippen LogP contribution >= 0.6 is 0 Å². The van der Waals surface area contributed by atoms with Crippen LogP contribution in [0.1, 0.15) is 18.3 Å². The van der Waals surface area contributed by atoms with Crippen molar-refractivity contribution in [3.8, 4) is 11.8 Å². The van der Waals surface area contributed by atoms with Crippen molar-refractivity contribution in [2.75, 3.05) is 11.9 Å². The number of hydrogen-bond acceptors (Lipinski definition) is 5. The minimum atomic E-state index is -4.58. The molecular weight excluding hydrogens is 275 g/mol. The quantitative estimate of drug-likeness (QED) is 0.904. The Morgan fingerprint density at radius 3 is 2.55 bits per heavy atom. The molecule has 0 aliphatic rings. The van der Waals surface area contributed by atoms with Crippen LogP contribution in [0.4, 0.5) is 19.1 Å². The standard InChI is InChI=1S/C11H12F3N5O/c1-3-15-10-16-7(11(12,13)14)5-8(17-10)20-9-4-6(2)18-19-9/h4-5H,3H2,1-2H3,(H,18,19)(H,15,16,17). The maximum absolute atomic E-state index is 12.7. The van der Waals surface area contributed by atoms with E-state index in [-0.39, 0.29) is 17.7 Å². The molecule has 0 bridgehead atoms. The Morgan fingerprint density at radius 1 is 1.25 bits per heavy atom. The smallest absolute Gasteiger partial charge is 0.419 e. The Balaban J connectivity index is 2.33. The summed E-state index contributed by atoms with van der Waals surface area (Å²) in [6.07, 6.45) is -4.58. The molecule has 0 fully saturated rings. The lowest BCUT2D eigenvalue weighted by molar-refractivity contribution is -0.141. The number of anilines is 1. The van der Waals surface area contributed by atoms with Crippen molar-refractivity contribution in [1.29, 1.82) is 0 Å². The molecule has 2 N–H and O–H groups in total. The number of rotatable bonds is 4. The first-order valence-electron chi connectivity index (χ1n) is 5.78. The highest BCUT2D eigenvalue weighted by Crippen LogP contribution is 2.31. The second-order valence-electron chi connectivity index (χ2n) is 3.93. The molecule has 0 radical (unpaired) electrons. The lowest BCUT2D eigenvalue weighted by atomic mass is 10.4. The van der Waals surface area contributed by atoms with Crippen LogP contribution < -0.4 is 10.1 Å². The SMILES string of the molecule is CCNc1nc(Oc2cc(C)[nH]n2)cc(C(F)(F)F)n1. The zero-order chi connectivity index (χ0) is 14.8. The summed E-state index contributed by atoms with van der Waals surface area (Å²) in [4.78, 5) is 7.23. The van der Waals surface area contributed by atoms with E-state index in [0.29, 0.717) is 6.54 Å². The van der Waals surface area contributed by atoms with Crippen LogP contribution in [0.15, 0.2) is 12.1 Å². The van der Waals surface area contributed by atoms with Crippen molar-refractivity contribution in [1.82, 2.24) is 20.2 Å². The van der Waals surface area contributed by atoms with Crippen LogP contribution in [-0.4, -0.2) is 26.7 Å². The molecule has 0 saturated carbocycles. The predicted octanol–water partition coefficient (Wildman–Crippen LogP) is 2.75. The van der Waals surface area contributed by atoms with Gasteiger partial charge < -0.3 is 10.1 Å². The lowest BCUT2D eigenvalue weighted by Gasteiger charge is -2.10. The highest BCUT2D eigenvalue weighted by Gasteiger charge is 2.34. The fourth-order valence-electron chi connectivity index (χ4n) is 1.41. The van der Waals surface area contributed by atoms with E-state index in [1.165, 1.54) is 0 Å². The molecule has 0 atom stereocenters. The van der Waals surface area contributed by atoms with Gasteiger partial charge in [0.05, 0.1) is 0 Å². The molecule has 0 spiro atoms. The summed E-state index contributed by atoms with van der Waals surface area (Å²) in [7, 11) is 0. The molecule has 2 aromatic heterocycles. The summed E-state index contributed by atoms with van der Waals surface area (Å²) < 4.78 is 43.4. The Labute approximate surface area is 112 Å². The summed E-state index contributed by atoms with van der Waals surface area (Å²) >= 11 is 0. The second-order valence-corrected chi connectivity index (χ2v) is 3.93. The minimum Gasteiger partial charge on any atom is -0.419 e. The van der Waals surface area contributed by atoms with Crippen LogP contribution in [0.25, 0.3) is 0 Å². The van der Waals surface area contributed by atoms with E-state index in [0.717, 1.165) is 11.8 Å². The molecule has 2 heterocycles. The molecule has 0 unspecified atom stereocenters.